The van der Waals surface area contributed by atoms with Gasteiger partial charge in [0.05, 0.1) is 0 Å². The minimum absolute atomic E-state index is 0.0439. The van der Waals surface area contributed by atoms with Crippen LogP contribution in [0.5, 0.6) is 0 Å². The van der Waals surface area contributed by atoms with E-state index in [1.807, 2.05) is 103 Å². The molecule has 3 aromatic rings. The molecule has 0 spiro atoms. The van der Waals surface area contributed by atoms with Crippen molar-refractivity contribution in [2.45, 2.75) is 20.4 Å². The van der Waals surface area contributed by atoms with Crippen LogP contribution in [-0.4, -0.2) is 43.9 Å². The second kappa shape index (κ2) is 11.0. The molecular weight excluding hydrogens is 424 g/mol. The van der Waals surface area contributed by atoms with E-state index in [2.05, 4.69) is 19.2 Å². The summed E-state index contributed by atoms with van der Waals surface area (Å²) in [7, 11) is 3.92. The summed E-state index contributed by atoms with van der Waals surface area (Å²) in [6, 6.07) is 24.3. The molecule has 0 fully saturated rings. The number of nitrogens with one attached hydrogen (secondary N) is 1. The van der Waals surface area contributed by atoms with Gasteiger partial charge in [0.2, 0.25) is 0 Å². The summed E-state index contributed by atoms with van der Waals surface area (Å²) in [5, 5.41) is 2.96. The summed E-state index contributed by atoms with van der Waals surface area (Å²) in [5.74, 6) is -0.221. The Morgan fingerprint density at radius 3 is 2.18 bits per heavy atom. The first-order valence-electron chi connectivity index (χ1n) is 11.4. The Balaban J connectivity index is 1.77. The molecule has 0 saturated carbocycles. The lowest BCUT2D eigenvalue weighted by molar-refractivity contribution is 0.0673. The molecule has 0 bridgehead atoms. The Labute approximate surface area is 202 Å². The van der Waals surface area contributed by atoms with E-state index in [1.54, 1.807) is 0 Å². The number of carbonyl (C=O) groups is 2. The van der Waals surface area contributed by atoms with Crippen molar-refractivity contribution < 1.29 is 9.59 Å². The van der Waals surface area contributed by atoms with Crippen molar-refractivity contribution in [2.75, 3.05) is 37.4 Å². The molecule has 6 nitrogen and oxygen atoms in total. The zero-order chi connectivity index (χ0) is 24.7. The van der Waals surface area contributed by atoms with Crippen molar-refractivity contribution in [3.63, 3.8) is 0 Å². The van der Waals surface area contributed by atoms with Gasteiger partial charge in [-0.3, -0.25) is 9.59 Å². The molecule has 3 rings (SSSR count). The van der Waals surface area contributed by atoms with Crippen LogP contribution in [0.1, 0.15) is 40.1 Å². The molecule has 6 heteroatoms. The molecule has 0 unspecified atom stereocenters. The third-order valence-corrected chi connectivity index (χ3v) is 5.68. The topological polar surface area (TPSA) is 78.7 Å². The van der Waals surface area contributed by atoms with Crippen LogP contribution in [0.3, 0.4) is 0 Å². The second-order valence-electron chi connectivity index (χ2n) is 9.49. The number of anilines is 2. The summed E-state index contributed by atoms with van der Waals surface area (Å²) < 4.78 is 0. The predicted octanol–water partition coefficient (Wildman–Crippen LogP) is 4.63. The lowest BCUT2D eigenvalue weighted by atomic mass is 9.92. The number of nitrogens with zero attached hydrogens (tertiary/aromatic N) is 2. The van der Waals surface area contributed by atoms with Gasteiger partial charge in [0, 0.05) is 49.7 Å². The Morgan fingerprint density at radius 1 is 0.882 bits per heavy atom. The van der Waals surface area contributed by atoms with Gasteiger partial charge in [-0.05, 0) is 66.1 Å². The molecule has 0 saturated heterocycles. The van der Waals surface area contributed by atoms with Gasteiger partial charge in [0.15, 0.2) is 0 Å². The third kappa shape index (κ3) is 6.68. The second-order valence-corrected chi connectivity index (χ2v) is 9.49. The summed E-state index contributed by atoms with van der Waals surface area (Å²) in [4.78, 5) is 29.8. The van der Waals surface area contributed by atoms with Crippen LogP contribution in [0.15, 0.2) is 78.9 Å². The first-order chi connectivity index (χ1) is 16.2. The van der Waals surface area contributed by atoms with Gasteiger partial charge in [-0.2, -0.15) is 0 Å². The standard InChI is InChI=1S/C28H34N4O2/c1-28(2,19-29)20-32(27(34)23-10-6-5-7-11-23)18-21-9-8-12-24(17-21)30-26(33)22-13-15-25(16-14-22)31(3)4/h5-17H,18-20,29H2,1-4H3,(H,30,33). The monoisotopic (exact) mass is 458 g/mol. The van der Waals surface area contributed by atoms with Gasteiger partial charge >= 0.3 is 0 Å². The van der Waals surface area contributed by atoms with Crippen molar-refractivity contribution >= 4 is 23.2 Å². The Morgan fingerprint density at radius 2 is 1.56 bits per heavy atom. The van der Waals surface area contributed by atoms with Crippen LogP contribution in [-0.2, 0) is 6.54 Å². The molecule has 34 heavy (non-hydrogen) atoms. The molecule has 3 N–H and O–H groups in total. The largest absolute Gasteiger partial charge is 0.378 e. The molecule has 2 amide bonds. The van der Waals surface area contributed by atoms with Crippen LogP contribution >= 0.6 is 0 Å². The van der Waals surface area contributed by atoms with Gasteiger partial charge < -0.3 is 20.9 Å². The maximum absolute atomic E-state index is 13.3. The normalized spacial score (nSPS) is 11.1. The highest BCUT2D eigenvalue weighted by molar-refractivity contribution is 6.04. The fourth-order valence-electron chi connectivity index (χ4n) is 3.63. The quantitative estimate of drug-likeness (QED) is 0.490. The SMILES string of the molecule is CN(C)c1ccc(C(=O)Nc2cccc(CN(CC(C)(C)CN)C(=O)c3ccccc3)c2)cc1. The predicted molar refractivity (Wildman–Crippen MR) is 139 cm³/mol. The molecule has 0 atom stereocenters. The fourth-order valence-corrected chi connectivity index (χ4v) is 3.63. The molecule has 178 valence electrons. The molecular formula is C28H34N4O2. The number of hydrogen-bond acceptors (Lipinski definition) is 4. The first-order valence-corrected chi connectivity index (χ1v) is 11.4. The van der Waals surface area contributed by atoms with Crippen molar-refractivity contribution in [1.29, 1.82) is 0 Å². The fraction of sp³-hybridized carbons (Fsp3) is 0.286. The zero-order valence-electron chi connectivity index (χ0n) is 20.4. The molecule has 0 aliphatic carbocycles. The molecule has 0 aliphatic heterocycles. The van der Waals surface area contributed by atoms with Crippen molar-refractivity contribution in [3.05, 3.63) is 95.6 Å². The average molecular weight is 459 g/mol. The lowest BCUT2D eigenvalue weighted by Crippen LogP contribution is -2.41. The van der Waals surface area contributed by atoms with Gasteiger partial charge in [0.1, 0.15) is 0 Å². The smallest absolute Gasteiger partial charge is 0.255 e. The highest BCUT2D eigenvalue weighted by Gasteiger charge is 2.25. The van der Waals surface area contributed by atoms with Crippen LogP contribution in [0.2, 0.25) is 0 Å². The molecule has 0 aliphatic rings. The van der Waals surface area contributed by atoms with E-state index in [0.29, 0.717) is 36.4 Å². The average Bonchev–Trinajstić information content (AvgIpc) is 2.84. The Kier molecular flexibility index (Phi) is 8.08. The third-order valence-electron chi connectivity index (χ3n) is 5.68. The number of hydrogen-bond donors (Lipinski definition) is 2. The number of carbonyl (C=O) groups excluding carboxylic acids is 2. The van der Waals surface area contributed by atoms with Crippen molar-refractivity contribution in [3.8, 4) is 0 Å². The van der Waals surface area contributed by atoms with E-state index in [9.17, 15) is 9.59 Å². The molecule has 3 aromatic carbocycles. The number of rotatable bonds is 9. The zero-order valence-corrected chi connectivity index (χ0v) is 20.4. The van der Waals surface area contributed by atoms with Crippen molar-refractivity contribution in [1.82, 2.24) is 4.90 Å². The van der Waals surface area contributed by atoms with Gasteiger partial charge in [-0.25, -0.2) is 0 Å². The van der Waals surface area contributed by atoms with E-state index in [-0.39, 0.29) is 17.2 Å². The van der Waals surface area contributed by atoms with E-state index in [1.165, 1.54) is 0 Å². The maximum Gasteiger partial charge on any atom is 0.255 e. The van der Waals surface area contributed by atoms with E-state index >= 15 is 0 Å². The summed E-state index contributed by atoms with van der Waals surface area (Å²) in [6.07, 6.45) is 0. The summed E-state index contributed by atoms with van der Waals surface area (Å²) >= 11 is 0. The van der Waals surface area contributed by atoms with Gasteiger partial charge in [-0.1, -0.05) is 44.2 Å². The highest BCUT2D eigenvalue weighted by Crippen LogP contribution is 2.21. The van der Waals surface area contributed by atoms with Crippen LogP contribution in [0.4, 0.5) is 11.4 Å². The molecule has 0 radical (unpaired) electrons. The summed E-state index contributed by atoms with van der Waals surface area (Å²) in [5.41, 5.74) is 9.60. The highest BCUT2D eigenvalue weighted by atomic mass is 16.2. The van der Waals surface area contributed by atoms with Gasteiger partial charge in [0.25, 0.3) is 11.8 Å². The number of nitrogens with two attached hydrogens (primary N) is 1. The van der Waals surface area contributed by atoms with Crippen LogP contribution < -0.4 is 16.0 Å². The molecule has 0 aromatic heterocycles. The number of benzene rings is 3. The minimum atomic E-state index is -0.227. The lowest BCUT2D eigenvalue weighted by Gasteiger charge is -2.32. The minimum Gasteiger partial charge on any atom is -0.378 e. The summed E-state index contributed by atoms with van der Waals surface area (Å²) in [6.45, 7) is 5.51. The van der Waals surface area contributed by atoms with Gasteiger partial charge in [-0.15, -0.1) is 0 Å². The molecule has 0 heterocycles. The van der Waals surface area contributed by atoms with E-state index in [0.717, 1.165) is 11.3 Å². The van der Waals surface area contributed by atoms with Crippen LogP contribution in [0, 0.1) is 5.41 Å². The van der Waals surface area contributed by atoms with Crippen LogP contribution in [0.25, 0.3) is 0 Å². The van der Waals surface area contributed by atoms with E-state index in [4.69, 9.17) is 5.73 Å². The van der Waals surface area contributed by atoms with E-state index < -0.39 is 0 Å². The van der Waals surface area contributed by atoms with Crippen molar-refractivity contribution in [2.24, 2.45) is 11.1 Å². The maximum atomic E-state index is 13.3. The first kappa shape index (κ1) is 25.0. The number of amides is 2. The Bertz CT molecular complexity index is 1110. The Hall–Kier alpha value is -3.64.